The highest BCUT2D eigenvalue weighted by molar-refractivity contribution is 5.96. The number of ether oxygens (including phenoxy) is 3. The van der Waals surface area contributed by atoms with Crippen molar-refractivity contribution in [3.63, 3.8) is 0 Å². The van der Waals surface area contributed by atoms with Crippen molar-refractivity contribution >= 4 is 17.3 Å². The zero-order valence-corrected chi connectivity index (χ0v) is 14.7. The van der Waals surface area contributed by atoms with Crippen molar-refractivity contribution in [3.8, 4) is 17.2 Å². The summed E-state index contributed by atoms with van der Waals surface area (Å²) in [6, 6.07) is 11.0. The third kappa shape index (κ3) is 4.85. The van der Waals surface area contributed by atoms with E-state index >= 15 is 0 Å². The summed E-state index contributed by atoms with van der Waals surface area (Å²) < 4.78 is 15.9. The molecule has 2 aromatic rings. The fourth-order valence-corrected chi connectivity index (χ4v) is 2.17. The second kappa shape index (κ2) is 8.70. The van der Waals surface area contributed by atoms with Crippen LogP contribution in [0.15, 0.2) is 42.5 Å². The van der Waals surface area contributed by atoms with Crippen LogP contribution in [0.2, 0.25) is 0 Å². The van der Waals surface area contributed by atoms with Crippen LogP contribution in [0.1, 0.15) is 13.8 Å². The molecule has 0 aliphatic carbocycles. The molecule has 0 spiro atoms. The molecule has 1 atom stereocenters. The van der Waals surface area contributed by atoms with E-state index in [1.54, 1.807) is 31.2 Å². The molecule has 0 saturated carbocycles. The first-order valence-electron chi connectivity index (χ1n) is 7.97. The minimum Gasteiger partial charge on any atom is -0.496 e. The van der Waals surface area contributed by atoms with Crippen molar-refractivity contribution < 1.29 is 23.9 Å². The number of hydrogen-bond acceptors (Lipinski definition) is 6. The molecule has 0 aliphatic rings. The van der Waals surface area contributed by atoms with Gasteiger partial charge in [0.1, 0.15) is 22.9 Å². The zero-order valence-electron chi connectivity index (χ0n) is 14.7. The third-order valence-electron chi connectivity index (χ3n) is 3.48. The van der Waals surface area contributed by atoms with Crippen molar-refractivity contribution in [1.29, 1.82) is 0 Å². The lowest BCUT2D eigenvalue weighted by atomic mass is 10.2. The Kier molecular flexibility index (Phi) is 6.37. The molecule has 26 heavy (non-hydrogen) atoms. The summed E-state index contributed by atoms with van der Waals surface area (Å²) >= 11 is 0. The molecule has 0 aromatic heterocycles. The van der Waals surface area contributed by atoms with Gasteiger partial charge < -0.3 is 19.5 Å². The molecule has 0 heterocycles. The predicted molar refractivity (Wildman–Crippen MR) is 96.0 cm³/mol. The molecule has 2 rings (SSSR count). The Morgan fingerprint density at radius 2 is 1.77 bits per heavy atom. The second-order valence-electron chi connectivity index (χ2n) is 5.29. The lowest BCUT2D eigenvalue weighted by molar-refractivity contribution is -0.384. The van der Waals surface area contributed by atoms with E-state index < -0.39 is 16.9 Å². The third-order valence-corrected chi connectivity index (χ3v) is 3.48. The number of rotatable bonds is 8. The highest BCUT2D eigenvalue weighted by Crippen LogP contribution is 2.29. The van der Waals surface area contributed by atoms with Crippen LogP contribution < -0.4 is 19.5 Å². The molecule has 0 aliphatic heterocycles. The molecule has 138 valence electrons. The second-order valence-corrected chi connectivity index (χ2v) is 5.29. The van der Waals surface area contributed by atoms with E-state index in [0.717, 1.165) is 0 Å². The van der Waals surface area contributed by atoms with Crippen LogP contribution in [0.25, 0.3) is 0 Å². The average molecular weight is 360 g/mol. The minimum atomic E-state index is -0.852. The highest BCUT2D eigenvalue weighted by atomic mass is 16.6. The van der Waals surface area contributed by atoms with Crippen molar-refractivity contribution in [2.24, 2.45) is 0 Å². The fraction of sp³-hybridized carbons (Fsp3) is 0.278. The van der Waals surface area contributed by atoms with E-state index in [1.807, 2.05) is 6.92 Å². The van der Waals surface area contributed by atoms with Gasteiger partial charge in [0.05, 0.1) is 24.7 Å². The molecule has 0 saturated heterocycles. The number of amides is 1. The van der Waals surface area contributed by atoms with Gasteiger partial charge in [-0.05, 0) is 50.2 Å². The summed E-state index contributed by atoms with van der Waals surface area (Å²) in [4.78, 5) is 22.9. The van der Waals surface area contributed by atoms with Crippen molar-refractivity contribution in [2.45, 2.75) is 20.0 Å². The molecule has 0 fully saturated rings. The SMILES string of the molecule is CCOc1ccc(OC(C)C(=O)Nc2ccc(OC)cc2[N+](=O)[O-])cc1. The van der Waals surface area contributed by atoms with Gasteiger partial charge >= 0.3 is 0 Å². The Morgan fingerprint density at radius 3 is 2.35 bits per heavy atom. The van der Waals surface area contributed by atoms with Crippen LogP contribution >= 0.6 is 0 Å². The largest absolute Gasteiger partial charge is 0.496 e. The number of benzene rings is 2. The zero-order chi connectivity index (χ0) is 19.1. The van der Waals surface area contributed by atoms with Gasteiger partial charge in [-0.2, -0.15) is 0 Å². The van der Waals surface area contributed by atoms with Crippen LogP contribution in [0.3, 0.4) is 0 Å². The van der Waals surface area contributed by atoms with Gasteiger partial charge in [-0.25, -0.2) is 0 Å². The van der Waals surface area contributed by atoms with Crippen LogP contribution in [0, 0.1) is 10.1 Å². The molecular formula is C18H20N2O6. The number of nitrogens with zero attached hydrogens (tertiary/aromatic N) is 1. The normalized spacial score (nSPS) is 11.3. The molecular weight excluding hydrogens is 340 g/mol. The Bertz CT molecular complexity index is 776. The molecule has 8 heteroatoms. The lowest BCUT2D eigenvalue weighted by Crippen LogP contribution is -2.30. The van der Waals surface area contributed by atoms with E-state index in [-0.39, 0.29) is 11.4 Å². The molecule has 1 amide bonds. The summed E-state index contributed by atoms with van der Waals surface area (Å²) in [5, 5.41) is 13.7. The van der Waals surface area contributed by atoms with Gasteiger partial charge in [-0.15, -0.1) is 0 Å². The van der Waals surface area contributed by atoms with Gasteiger partial charge in [0, 0.05) is 0 Å². The van der Waals surface area contributed by atoms with Gasteiger partial charge in [0.2, 0.25) is 0 Å². The lowest BCUT2D eigenvalue weighted by Gasteiger charge is -2.15. The topological polar surface area (TPSA) is 99.9 Å². The van der Waals surface area contributed by atoms with Crippen LogP contribution in [-0.2, 0) is 4.79 Å². The van der Waals surface area contributed by atoms with Gasteiger partial charge in [0.15, 0.2) is 6.10 Å². The predicted octanol–water partition coefficient (Wildman–Crippen LogP) is 3.41. The van der Waals surface area contributed by atoms with E-state index in [0.29, 0.717) is 23.9 Å². The Morgan fingerprint density at radius 1 is 1.15 bits per heavy atom. The summed E-state index contributed by atoms with van der Waals surface area (Å²) in [6.45, 7) is 4.00. The summed E-state index contributed by atoms with van der Waals surface area (Å²) in [7, 11) is 1.41. The maximum atomic E-state index is 12.3. The smallest absolute Gasteiger partial charge is 0.296 e. The first kappa shape index (κ1) is 19.0. The van der Waals surface area contributed by atoms with E-state index in [2.05, 4.69) is 5.32 Å². The molecule has 0 bridgehead atoms. The minimum absolute atomic E-state index is 0.0722. The van der Waals surface area contributed by atoms with Crippen LogP contribution in [-0.4, -0.2) is 30.7 Å². The first-order valence-corrected chi connectivity index (χ1v) is 7.97. The van der Waals surface area contributed by atoms with Crippen molar-refractivity contribution in [3.05, 3.63) is 52.6 Å². The van der Waals surface area contributed by atoms with Crippen LogP contribution in [0.4, 0.5) is 11.4 Å². The molecule has 0 radical (unpaired) electrons. The molecule has 1 N–H and O–H groups in total. The fourth-order valence-electron chi connectivity index (χ4n) is 2.17. The molecule has 2 aromatic carbocycles. The maximum absolute atomic E-state index is 12.3. The number of hydrogen-bond donors (Lipinski definition) is 1. The van der Waals surface area contributed by atoms with Gasteiger partial charge in [-0.3, -0.25) is 14.9 Å². The standard InChI is InChI=1S/C18H20N2O6/c1-4-25-13-5-7-14(8-6-13)26-12(2)18(21)19-16-10-9-15(24-3)11-17(16)20(22)23/h5-12H,4H2,1-3H3,(H,19,21). The van der Waals surface area contributed by atoms with Gasteiger partial charge in [-0.1, -0.05) is 0 Å². The molecule has 8 nitrogen and oxygen atoms in total. The van der Waals surface area contributed by atoms with E-state index in [9.17, 15) is 14.9 Å². The summed E-state index contributed by atoms with van der Waals surface area (Å²) in [5.74, 6) is 1.01. The number of nitrogens with one attached hydrogen (secondary N) is 1. The summed E-state index contributed by atoms with van der Waals surface area (Å²) in [5.41, 5.74) is -0.186. The quantitative estimate of drug-likeness (QED) is 0.572. The number of methoxy groups -OCH3 is 1. The average Bonchev–Trinajstić information content (AvgIpc) is 2.63. The monoisotopic (exact) mass is 360 g/mol. The number of carbonyl (C=O) groups is 1. The first-order chi connectivity index (χ1) is 12.4. The number of anilines is 1. The Labute approximate surface area is 150 Å². The number of carbonyl (C=O) groups excluding carboxylic acids is 1. The van der Waals surface area contributed by atoms with Gasteiger partial charge in [0.25, 0.3) is 11.6 Å². The maximum Gasteiger partial charge on any atom is 0.296 e. The highest BCUT2D eigenvalue weighted by Gasteiger charge is 2.21. The van der Waals surface area contributed by atoms with Crippen molar-refractivity contribution in [2.75, 3.05) is 19.0 Å². The van der Waals surface area contributed by atoms with E-state index in [4.69, 9.17) is 14.2 Å². The number of nitro groups is 1. The van der Waals surface area contributed by atoms with Crippen LogP contribution in [0.5, 0.6) is 17.2 Å². The Hall–Kier alpha value is -3.29. The Balaban J connectivity index is 2.06. The summed E-state index contributed by atoms with van der Waals surface area (Å²) in [6.07, 6.45) is -0.852. The van der Waals surface area contributed by atoms with Crippen molar-refractivity contribution in [1.82, 2.24) is 0 Å². The van der Waals surface area contributed by atoms with E-state index in [1.165, 1.54) is 25.3 Å². The number of nitro benzene ring substituents is 1. The molecule has 1 unspecified atom stereocenters.